The number of hydrogen-bond donors (Lipinski definition) is 2. The lowest BCUT2D eigenvalue weighted by atomic mass is 9.85. The Hall–Kier alpha value is -1.41. The number of sulfonamides is 1. The van der Waals surface area contributed by atoms with E-state index in [-0.39, 0.29) is 10.0 Å². The number of carboxylic acid groups (broad SMARTS) is 1. The molecular weight excluding hydrogens is 387 g/mol. The lowest BCUT2D eigenvalue weighted by Crippen LogP contribution is -2.44. The van der Waals surface area contributed by atoms with Crippen molar-refractivity contribution in [2.75, 3.05) is 0 Å². The Labute approximate surface area is 155 Å². The van der Waals surface area contributed by atoms with Crippen LogP contribution >= 0.6 is 23.2 Å². The first kappa shape index (κ1) is 18.4. The van der Waals surface area contributed by atoms with Crippen molar-refractivity contribution < 1.29 is 18.3 Å². The molecule has 0 radical (unpaired) electrons. The van der Waals surface area contributed by atoms with Crippen LogP contribution in [-0.2, 0) is 14.8 Å². The average Bonchev–Trinajstić information content (AvgIpc) is 2.58. The Morgan fingerprint density at radius 2 is 1.92 bits per heavy atom. The number of benzene rings is 1. The van der Waals surface area contributed by atoms with Crippen molar-refractivity contribution in [1.82, 2.24) is 9.71 Å². The van der Waals surface area contributed by atoms with Gasteiger partial charge in [-0.3, -0.25) is 4.79 Å². The summed E-state index contributed by atoms with van der Waals surface area (Å²) in [5.74, 6) is -1.70. The number of carboxylic acids is 1. The summed E-state index contributed by atoms with van der Waals surface area (Å²) in [6.07, 6.45) is 3.94. The molecule has 9 heteroatoms. The topological polar surface area (TPSA) is 96.4 Å². The molecule has 0 spiro atoms. The molecule has 1 aliphatic rings. The van der Waals surface area contributed by atoms with Gasteiger partial charge in [0.15, 0.2) is 0 Å². The third-order valence-electron chi connectivity index (χ3n) is 4.46. The molecule has 0 saturated heterocycles. The first-order valence-corrected chi connectivity index (χ1v) is 10.0. The van der Waals surface area contributed by atoms with Crippen molar-refractivity contribution in [3.63, 3.8) is 0 Å². The third kappa shape index (κ3) is 3.74. The first-order valence-electron chi connectivity index (χ1n) is 7.78. The predicted molar refractivity (Wildman–Crippen MR) is 95.5 cm³/mol. The van der Waals surface area contributed by atoms with Gasteiger partial charge in [0.25, 0.3) is 0 Å². The fourth-order valence-corrected chi connectivity index (χ4v) is 4.91. The Morgan fingerprint density at radius 3 is 2.64 bits per heavy atom. The van der Waals surface area contributed by atoms with Gasteiger partial charge in [0.2, 0.25) is 10.0 Å². The summed E-state index contributed by atoms with van der Waals surface area (Å²) in [6, 6.07) is 3.76. The highest BCUT2D eigenvalue weighted by molar-refractivity contribution is 7.89. The molecule has 1 aliphatic carbocycles. The number of fused-ring (bicyclic) bond motifs is 1. The molecule has 25 heavy (non-hydrogen) atoms. The van der Waals surface area contributed by atoms with Crippen molar-refractivity contribution in [3.05, 3.63) is 34.6 Å². The van der Waals surface area contributed by atoms with E-state index in [1.54, 1.807) is 6.07 Å². The molecule has 2 aromatic rings. The molecule has 1 aromatic carbocycles. The second-order valence-electron chi connectivity index (χ2n) is 6.06. The molecule has 134 valence electrons. The van der Waals surface area contributed by atoms with Gasteiger partial charge < -0.3 is 5.11 Å². The molecule has 1 heterocycles. The summed E-state index contributed by atoms with van der Waals surface area (Å²) >= 11 is 12.1. The van der Waals surface area contributed by atoms with E-state index in [1.165, 1.54) is 18.3 Å². The van der Waals surface area contributed by atoms with E-state index < -0.39 is 28.0 Å². The number of carbonyl (C=O) groups is 1. The van der Waals surface area contributed by atoms with E-state index in [9.17, 15) is 18.3 Å². The summed E-state index contributed by atoms with van der Waals surface area (Å²) < 4.78 is 28.0. The van der Waals surface area contributed by atoms with Crippen LogP contribution in [0.5, 0.6) is 0 Å². The summed E-state index contributed by atoms with van der Waals surface area (Å²) in [6.45, 7) is 0. The van der Waals surface area contributed by atoms with Crippen LogP contribution in [0.3, 0.4) is 0 Å². The largest absolute Gasteiger partial charge is 0.481 e. The highest BCUT2D eigenvalue weighted by Gasteiger charge is 2.34. The molecule has 2 atom stereocenters. The van der Waals surface area contributed by atoms with Gasteiger partial charge in [0.1, 0.15) is 5.15 Å². The van der Waals surface area contributed by atoms with E-state index in [0.29, 0.717) is 28.6 Å². The average molecular weight is 403 g/mol. The quantitative estimate of drug-likeness (QED) is 0.763. The molecule has 0 bridgehead atoms. The summed E-state index contributed by atoms with van der Waals surface area (Å²) in [7, 11) is -3.89. The Balaban J connectivity index is 1.95. The Bertz CT molecular complexity index is 933. The molecule has 2 N–H and O–H groups in total. The van der Waals surface area contributed by atoms with Crippen LogP contribution in [0.25, 0.3) is 10.8 Å². The van der Waals surface area contributed by atoms with Crippen LogP contribution in [0, 0.1) is 5.92 Å². The second kappa shape index (κ2) is 7.07. The summed E-state index contributed by atoms with van der Waals surface area (Å²) in [5.41, 5.74) is 0. The van der Waals surface area contributed by atoms with Gasteiger partial charge in [-0.1, -0.05) is 42.1 Å². The van der Waals surface area contributed by atoms with E-state index in [0.717, 1.165) is 12.8 Å². The summed E-state index contributed by atoms with van der Waals surface area (Å²) in [5, 5.41) is 10.9. The van der Waals surface area contributed by atoms with E-state index >= 15 is 0 Å². The van der Waals surface area contributed by atoms with Gasteiger partial charge in [-0.25, -0.2) is 18.1 Å². The number of nitrogens with one attached hydrogen (secondary N) is 1. The minimum absolute atomic E-state index is 0.000629. The zero-order chi connectivity index (χ0) is 18.2. The van der Waals surface area contributed by atoms with Gasteiger partial charge >= 0.3 is 5.97 Å². The number of aliphatic carboxylic acids is 1. The van der Waals surface area contributed by atoms with Gasteiger partial charge in [-0.05, 0) is 25.0 Å². The first-order chi connectivity index (χ1) is 11.8. The van der Waals surface area contributed by atoms with Crippen LogP contribution in [0.15, 0.2) is 29.3 Å². The maximum absolute atomic E-state index is 12.7. The van der Waals surface area contributed by atoms with E-state index in [1.807, 2.05) is 0 Å². The maximum Gasteiger partial charge on any atom is 0.308 e. The van der Waals surface area contributed by atoms with Crippen molar-refractivity contribution in [3.8, 4) is 0 Å². The summed E-state index contributed by atoms with van der Waals surface area (Å²) in [4.78, 5) is 15.3. The number of rotatable bonds is 4. The number of hydrogen-bond acceptors (Lipinski definition) is 4. The molecule has 0 amide bonds. The zero-order valence-corrected chi connectivity index (χ0v) is 15.4. The minimum Gasteiger partial charge on any atom is -0.481 e. The fraction of sp³-hybridized carbons (Fsp3) is 0.375. The minimum atomic E-state index is -3.89. The number of nitrogens with zero attached hydrogens (tertiary/aromatic N) is 1. The number of pyridine rings is 1. The standard InChI is InChI=1S/C16H16Cl2N2O4S/c17-13-8-19-15(18)12-7-9(5-6-10(12)13)25(23,24)20-14-4-2-1-3-11(14)16(21)22/h5-8,11,14,20H,1-4H2,(H,21,22)/t11-,14+/m0/s1. The number of halogens is 2. The van der Waals surface area contributed by atoms with Crippen LogP contribution < -0.4 is 4.72 Å². The van der Waals surface area contributed by atoms with Crippen molar-refractivity contribution in [2.45, 2.75) is 36.6 Å². The van der Waals surface area contributed by atoms with Crippen LogP contribution in [0.1, 0.15) is 25.7 Å². The van der Waals surface area contributed by atoms with Gasteiger partial charge in [0, 0.05) is 23.0 Å². The lowest BCUT2D eigenvalue weighted by molar-refractivity contribution is -0.143. The Kier molecular flexibility index (Phi) is 5.20. The van der Waals surface area contributed by atoms with E-state index in [4.69, 9.17) is 23.2 Å². The second-order valence-corrected chi connectivity index (χ2v) is 8.54. The molecular formula is C16H16Cl2N2O4S. The van der Waals surface area contributed by atoms with Crippen LogP contribution in [0.4, 0.5) is 0 Å². The van der Waals surface area contributed by atoms with Gasteiger partial charge in [-0.15, -0.1) is 0 Å². The van der Waals surface area contributed by atoms with Crippen molar-refractivity contribution in [2.24, 2.45) is 5.92 Å². The normalized spacial score (nSPS) is 21.4. The van der Waals surface area contributed by atoms with Gasteiger partial charge in [0.05, 0.1) is 15.8 Å². The SMILES string of the molecule is O=C(O)[C@H]1CCCC[C@H]1NS(=O)(=O)c1ccc2c(Cl)cnc(Cl)c2c1. The van der Waals surface area contributed by atoms with Crippen molar-refractivity contribution >= 4 is 50.0 Å². The molecule has 6 nitrogen and oxygen atoms in total. The molecule has 0 unspecified atom stereocenters. The third-order valence-corrected chi connectivity index (χ3v) is 6.55. The Morgan fingerprint density at radius 1 is 1.20 bits per heavy atom. The molecule has 3 rings (SSSR count). The molecule has 0 aliphatic heterocycles. The van der Waals surface area contributed by atoms with E-state index in [2.05, 4.69) is 9.71 Å². The lowest BCUT2D eigenvalue weighted by Gasteiger charge is -2.29. The fourth-order valence-electron chi connectivity index (χ4n) is 3.16. The molecule has 1 aromatic heterocycles. The highest BCUT2D eigenvalue weighted by atomic mass is 35.5. The maximum atomic E-state index is 12.7. The van der Waals surface area contributed by atoms with Gasteiger partial charge in [-0.2, -0.15) is 0 Å². The smallest absolute Gasteiger partial charge is 0.308 e. The van der Waals surface area contributed by atoms with Crippen LogP contribution in [0.2, 0.25) is 10.2 Å². The molecule has 1 fully saturated rings. The zero-order valence-electron chi connectivity index (χ0n) is 13.1. The van der Waals surface area contributed by atoms with Crippen molar-refractivity contribution in [1.29, 1.82) is 0 Å². The predicted octanol–water partition coefficient (Wildman–Crippen LogP) is 3.46. The molecule has 1 saturated carbocycles. The highest BCUT2D eigenvalue weighted by Crippen LogP contribution is 2.31. The number of aromatic nitrogens is 1. The monoisotopic (exact) mass is 402 g/mol. The van der Waals surface area contributed by atoms with Crippen LogP contribution in [-0.4, -0.2) is 30.5 Å².